The van der Waals surface area contributed by atoms with Gasteiger partial charge in [-0.05, 0) is 73.1 Å². The van der Waals surface area contributed by atoms with Crippen molar-refractivity contribution in [1.82, 2.24) is 0 Å². The third-order valence-electron chi connectivity index (χ3n) is 12.0. The maximum absolute atomic E-state index is 17.6. The van der Waals surface area contributed by atoms with Crippen LogP contribution in [-0.2, 0) is 19.1 Å². The van der Waals surface area contributed by atoms with Crippen molar-refractivity contribution in [2.24, 2.45) is 22.7 Å². The van der Waals surface area contributed by atoms with Gasteiger partial charge in [0.1, 0.15) is 12.8 Å². The minimum atomic E-state index is -2.29. The van der Waals surface area contributed by atoms with Gasteiger partial charge in [-0.25, -0.2) is 8.78 Å². The number of ether oxygens (including phenoxy) is 2. The summed E-state index contributed by atoms with van der Waals surface area (Å²) < 4.78 is 46.4. The molecule has 2 aromatic rings. The Hall–Kier alpha value is -3.24. The number of carbonyl (C=O) groups excluding carboxylic acids is 2. The molecule has 0 amide bonds. The predicted octanol–water partition coefficient (Wildman–Crippen LogP) is 5.06. The lowest BCUT2D eigenvalue weighted by Gasteiger charge is -2.63. The average molecular weight is 620 g/mol. The lowest BCUT2D eigenvalue weighted by molar-refractivity contribution is -0.235. The van der Waals surface area contributed by atoms with E-state index in [-0.39, 0.29) is 30.8 Å². The van der Waals surface area contributed by atoms with E-state index in [0.29, 0.717) is 11.3 Å². The first-order chi connectivity index (χ1) is 21.3. The molecule has 0 unspecified atom stereocenters. The number of hydrogen-bond donors (Lipinski definition) is 3. The Morgan fingerprint density at radius 3 is 2.53 bits per heavy atom. The van der Waals surface area contributed by atoms with Gasteiger partial charge in [0.25, 0.3) is 0 Å². The summed E-state index contributed by atoms with van der Waals surface area (Å²) in [7, 11) is 0. The summed E-state index contributed by atoms with van der Waals surface area (Å²) in [6.07, 6.45) is -1.42. The molecule has 1 aliphatic heterocycles. The van der Waals surface area contributed by atoms with Crippen LogP contribution in [0, 0.1) is 22.7 Å². The topological polar surface area (TPSA) is 119 Å². The van der Waals surface area contributed by atoms with Gasteiger partial charge in [0.05, 0.1) is 12.2 Å². The molecule has 0 bridgehead atoms. The molecule has 238 valence electrons. The molecular formula is C36H39F2NO6. The van der Waals surface area contributed by atoms with E-state index in [2.05, 4.69) is 6.92 Å². The lowest BCUT2D eigenvalue weighted by Crippen LogP contribution is -2.70. The molecule has 0 aromatic heterocycles. The summed E-state index contributed by atoms with van der Waals surface area (Å²) >= 11 is 0. The summed E-state index contributed by atoms with van der Waals surface area (Å²) in [6, 6.07) is 15.4. The molecule has 0 radical (unpaired) electrons. The number of nitrogens with two attached hydrogens (primary N) is 1. The van der Waals surface area contributed by atoms with Gasteiger partial charge in [0.15, 0.2) is 29.1 Å². The molecule has 5 aliphatic rings. The van der Waals surface area contributed by atoms with E-state index in [4.69, 9.17) is 15.2 Å². The van der Waals surface area contributed by atoms with Crippen molar-refractivity contribution in [3.8, 4) is 0 Å². The first-order valence-corrected chi connectivity index (χ1v) is 15.7. The monoisotopic (exact) mass is 619 g/mol. The van der Waals surface area contributed by atoms with Crippen molar-refractivity contribution in [3.05, 3.63) is 89.0 Å². The fourth-order valence-corrected chi connectivity index (χ4v) is 9.68. The minimum absolute atomic E-state index is 0.0387. The molecule has 1 heterocycles. The highest BCUT2D eigenvalue weighted by atomic mass is 19.1. The van der Waals surface area contributed by atoms with Crippen molar-refractivity contribution in [3.63, 3.8) is 0 Å². The summed E-state index contributed by atoms with van der Waals surface area (Å²) in [4.78, 5) is 25.9. The molecule has 45 heavy (non-hydrogen) atoms. The Balaban J connectivity index is 1.22. The number of ketones is 2. The molecular weight excluding hydrogens is 580 g/mol. The highest BCUT2D eigenvalue weighted by Gasteiger charge is 2.80. The molecule has 4 N–H and O–H groups in total. The van der Waals surface area contributed by atoms with Gasteiger partial charge in [0, 0.05) is 33.9 Å². The number of aliphatic hydroxyl groups is 2. The number of rotatable bonds is 5. The summed E-state index contributed by atoms with van der Waals surface area (Å²) in [5.41, 5.74) is 2.83. The van der Waals surface area contributed by atoms with E-state index in [0.717, 1.165) is 17.2 Å². The highest BCUT2D eigenvalue weighted by molar-refractivity contribution is 6.01. The molecule has 1 saturated heterocycles. The molecule has 2 aromatic carbocycles. The predicted molar refractivity (Wildman–Crippen MR) is 162 cm³/mol. The zero-order chi connectivity index (χ0) is 32.1. The van der Waals surface area contributed by atoms with E-state index in [1.54, 1.807) is 6.92 Å². The molecule has 0 spiro atoms. The van der Waals surface area contributed by atoms with Crippen LogP contribution in [0.3, 0.4) is 0 Å². The zero-order valence-electron chi connectivity index (χ0n) is 25.6. The fourth-order valence-electron chi connectivity index (χ4n) is 9.68. The molecule has 7 nitrogen and oxygen atoms in total. The van der Waals surface area contributed by atoms with Crippen LogP contribution in [0.1, 0.15) is 68.9 Å². The van der Waals surface area contributed by atoms with E-state index >= 15 is 8.78 Å². The van der Waals surface area contributed by atoms with Crippen molar-refractivity contribution in [2.45, 2.75) is 81.9 Å². The molecule has 4 fully saturated rings. The quantitative estimate of drug-likeness (QED) is 0.400. The number of allylic oxidation sites excluding steroid dienone is 4. The van der Waals surface area contributed by atoms with Crippen LogP contribution < -0.4 is 5.73 Å². The largest absolute Gasteiger partial charge is 0.399 e. The first kappa shape index (κ1) is 30.4. The van der Waals surface area contributed by atoms with Gasteiger partial charge >= 0.3 is 0 Å². The number of nitrogen functional groups attached to an aromatic ring is 1. The van der Waals surface area contributed by atoms with E-state index in [9.17, 15) is 19.8 Å². The first-order valence-electron chi connectivity index (χ1n) is 15.7. The number of fused-ring (bicyclic) bond motifs is 7. The Kier molecular flexibility index (Phi) is 6.85. The summed E-state index contributed by atoms with van der Waals surface area (Å²) in [6.45, 7) is 4.57. The number of anilines is 1. The number of benzene rings is 2. The van der Waals surface area contributed by atoms with Crippen LogP contribution in [0.2, 0.25) is 0 Å². The fraction of sp³-hybridized carbons (Fsp3) is 0.500. The SMILES string of the molecule is C[C@@H](c1ccc([C@H]2O[C@@H]3C[C@H]4[C@@H]5C[C@H](F)C6=CC(=O)C=C[C@]6(C)[C@@]5(F)[C@@H](O)C[C@]4(C)[C@]3(C(=O)CO)O2)cc1)c1cccc(N)c1. The highest BCUT2D eigenvalue weighted by Crippen LogP contribution is 2.72. The van der Waals surface area contributed by atoms with E-state index < -0.39 is 76.8 Å². The normalized spacial score (nSPS) is 42.3. The molecule has 7 rings (SSSR count). The maximum atomic E-state index is 17.6. The number of hydrogen-bond acceptors (Lipinski definition) is 7. The third kappa shape index (κ3) is 3.93. The number of carbonyl (C=O) groups is 2. The third-order valence-corrected chi connectivity index (χ3v) is 12.0. The van der Waals surface area contributed by atoms with Crippen molar-refractivity contribution >= 4 is 17.3 Å². The second-order valence-corrected chi connectivity index (χ2v) is 14.0. The van der Waals surface area contributed by atoms with Crippen molar-refractivity contribution in [1.29, 1.82) is 0 Å². The average Bonchev–Trinajstić information content (AvgIpc) is 3.52. The van der Waals surface area contributed by atoms with Gasteiger partial charge in [-0.15, -0.1) is 0 Å². The second kappa shape index (κ2) is 10.1. The van der Waals surface area contributed by atoms with Gasteiger partial charge in [-0.2, -0.15) is 0 Å². The number of Topliss-reactive ketones (excluding diaryl/α,β-unsaturated/α-hetero) is 1. The molecule has 3 saturated carbocycles. The van der Waals surface area contributed by atoms with E-state index in [1.807, 2.05) is 48.5 Å². The molecule has 9 heteroatoms. The van der Waals surface area contributed by atoms with Gasteiger partial charge in [-0.1, -0.05) is 56.3 Å². The molecule has 11 atom stereocenters. The standard InChI is InChI=1S/C36H39F2NO6/c1-19(22-5-4-6-23(39)13-22)20-7-9-21(10-8-20)32-44-31-16-25-26-15-28(37)27-14-24(41)11-12-33(27,2)35(26,38)29(42)17-34(25,3)36(31,45-32)30(43)18-40/h4-14,19,25-26,28-29,31-32,40,42H,15-18,39H2,1-3H3/t19-,25-,26-,28-,29-,31+,32-,33-,34-,35-,36+/m0/s1. The Morgan fingerprint density at radius 1 is 1.11 bits per heavy atom. The Bertz CT molecular complexity index is 1630. The van der Waals surface area contributed by atoms with Crippen LogP contribution in [0.25, 0.3) is 0 Å². The summed E-state index contributed by atoms with van der Waals surface area (Å²) in [5.74, 6) is -2.54. The van der Waals surface area contributed by atoms with Gasteiger partial charge in [-0.3, -0.25) is 9.59 Å². The van der Waals surface area contributed by atoms with Crippen LogP contribution in [0.5, 0.6) is 0 Å². The van der Waals surface area contributed by atoms with Crippen LogP contribution in [0.4, 0.5) is 14.5 Å². The van der Waals surface area contributed by atoms with Crippen molar-refractivity contribution in [2.75, 3.05) is 12.3 Å². The number of halogens is 2. The number of alkyl halides is 2. The molecule has 4 aliphatic carbocycles. The second-order valence-electron chi connectivity index (χ2n) is 14.0. The van der Waals surface area contributed by atoms with Crippen molar-refractivity contribution < 1.29 is 38.1 Å². The van der Waals surface area contributed by atoms with Crippen LogP contribution in [0.15, 0.2) is 72.3 Å². The Morgan fingerprint density at radius 2 is 1.84 bits per heavy atom. The van der Waals surface area contributed by atoms with Gasteiger partial charge in [0.2, 0.25) is 0 Å². The Labute approximate surface area is 261 Å². The number of aliphatic hydroxyl groups excluding tert-OH is 2. The van der Waals surface area contributed by atoms with Crippen LogP contribution in [-0.4, -0.2) is 58.0 Å². The summed E-state index contributed by atoms with van der Waals surface area (Å²) in [5, 5.41) is 21.9. The lowest BCUT2D eigenvalue weighted by atomic mass is 9.44. The minimum Gasteiger partial charge on any atom is -0.399 e. The van der Waals surface area contributed by atoms with E-state index in [1.165, 1.54) is 19.1 Å². The van der Waals surface area contributed by atoms with Gasteiger partial charge < -0.3 is 25.4 Å². The maximum Gasteiger partial charge on any atom is 0.193 e. The smallest absolute Gasteiger partial charge is 0.193 e. The zero-order valence-corrected chi connectivity index (χ0v) is 25.6. The van der Waals surface area contributed by atoms with Crippen LogP contribution >= 0.6 is 0 Å².